The molecule has 0 radical (unpaired) electrons. The average Bonchev–Trinajstić information content (AvgIpc) is 1.35. The van der Waals surface area contributed by atoms with E-state index in [1.165, 1.54) is 18.9 Å². The lowest BCUT2D eigenvalue weighted by molar-refractivity contribution is -0.0435. The third-order valence-electron chi connectivity index (χ3n) is 0.152. The quantitative estimate of drug-likeness (QED) is 0.429. The molecule has 0 heterocycles. The van der Waals surface area contributed by atoms with Gasteiger partial charge in [-0.1, -0.05) is 0 Å². The third-order valence-corrected chi connectivity index (χ3v) is 3.05. The van der Waals surface area contributed by atoms with Crippen molar-refractivity contribution in [2.45, 2.75) is 4.31 Å². The SMILES string of the molecule is F[C](F)(F)[Mg][I]. The third kappa shape index (κ3) is 5.29. The van der Waals surface area contributed by atoms with Crippen LogP contribution in [0.2, 0.25) is 0 Å². The molecule has 0 bridgehead atoms. The predicted octanol–water partition coefficient (Wildman–Crippen LogP) is 1.56. The van der Waals surface area contributed by atoms with Gasteiger partial charge < -0.3 is 0 Å². The van der Waals surface area contributed by atoms with Crippen molar-refractivity contribution in [3.63, 3.8) is 0 Å². The van der Waals surface area contributed by atoms with Gasteiger partial charge in [0.1, 0.15) is 0 Å². The van der Waals surface area contributed by atoms with Gasteiger partial charge in [-0.2, -0.15) is 0 Å². The molecule has 0 N–H and O–H groups in total. The number of hydrogen-bond donors (Lipinski definition) is 0. The van der Waals surface area contributed by atoms with Crippen LogP contribution in [0, 0.1) is 0 Å². The molecule has 34 valence electrons. The van der Waals surface area contributed by atoms with Crippen LogP contribution in [0.1, 0.15) is 0 Å². The van der Waals surface area contributed by atoms with Gasteiger partial charge in [0.2, 0.25) is 0 Å². The molecular weight excluding hydrogens is 220 g/mol. The highest BCUT2D eigenvalue weighted by atomic mass is 127. The summed E-state index contributed by atoms with van der Waals surface area (Å²) < 4.78 is 28.7. The van der Waals surface area contributed by atoms with Crippen molar-refractivity contribution >= 4 is 35.3 Å². The average molecular weight is 220 g/mol. The van der Waals surface area contributed by atoms with Gasteiger partial charge in [-0.05, 0) is 0 Å². The maximum atomic E-state index is 10.8. The van der Waals surface area contributed by atoms with Crippen molar-refractivity contribution in [1.29, 1.82) is 0 Å². The molecule has 0 saturated heterocycles. The van der Waals surface area contributed by atoms with Crippen molar-refractivity contribution in [2.24, 2.45) is 0 Å². The zero-order valence-corrected chi connectivity index (χ0v) is 6.29. The highest BCUT2D eigenvalue weighted by Gasteiger charge is 2.28. The molecule has 0 fully saturated rings. The molecular formula is CF3IMg. The molecule has 0 aromatic carbocycles. The number of hydrogen-bond acceptors (Lipinski definition) is 0. The lowest BCUT2D eigenvalue weighted by Crippen LogP contribution is -2.11. The van der Waals surface area contributed by atoms with Crippen molar-refractivity contribution in [3.8, 4) is 0 Å². The van der Waals surface area contributed by atoms with E-state index in [-0.39, 0.29) is 0 Å². The zero-order valence-electron chi connectivity index (χ0n) is 2.72. The van der Waals surface area contributed by atoms with Crippen molar-refractivity contribution < 1.29 is 13.2 Å². The minimum Gasteiger partial charge on any atom is -0.282 e. The van der Waals surface area contributed by atoms with Gasteiger partial charge in [0.25, 0.3) is 4.31 Å². The highest BCUT2D eigenvalue weighted by molar-refractivity contribution is 14.1. The van der Waals surface area contributed by atoms with E-state index in [1.807, 2.05) is 0 Å². The van der Waals surface area contributed by atoms with E-state index in [0.717, 1.165) is 0 Å². The van der Waals surface area contributed by atoms with Crippen molar-refractivity contribution in [2.75, 3.05) is 0 Å². The van der Waals surface area contributed by atoms with Crippen molar-refractivity contribution in [1.82, 2.24) is 0 Å². The largest absolute Gasteiger partial charge is 0.622 e. The Labute approximate surface area is 52.6 Å². The molecule has 0 atom stereocenters. The summed E-state index contributed by atoms with van der Waals surface area (Å²) in [7, 11) is 0. The van der Waals surface area contributed by atoms with E-state index in [4.69, 9.17) is 0 Å². The van der Waals surface area contributed by atoms with E-state index in [1.54, 1.807) is 0 Å². The summed E-state index contributed by atoms with van der Waals surface area (Å²) in [6.07, 6.45) is 0. The number of alkyl halides is 3. The van der Waals surface area contributed by atoms with E-state index in [9.17, 15) is 13.2 Å². The van der Waals surface area contributed by atoms with E-state index in [0.29, 0.717) is 0 Å². The molecule has 0 spiro atoms. The molecule has 5 heteroatoms. The fourth-order valence-corrected chi connectivity index (χ4v) is 0. The number of halogens is 4. The molecule has 0 aliphatic rings. The van der Waals surface area contributed by atoms with Gasteiger partial charge in [0, 0.05) is 0 Å². The van der Waals surface area contributed by atoms with Crippen LogP contribution >= 0.6 is 18.9 Å². The Morgan fingerprint density at radius 2 is 1.50 bits per heavy atom. The second kappa shape index (κ2) is 2.56. The number of rotatable bonds is 0. The summed E-state index contributed by atoms with van der Waals surface area (Å²) in [5, 5.41) is 0. The molecule has 0 unspecified atom stereocenters. The van der Waals surface area contributed by atoms with E-state index < -0.39 is 20.8 Å². The Morgan fingerprint density at radius 1 is 1.33 bits per heavy atom. The van der Waals surface area contributed by atoms with Gasteiger partial charge in [-0.3, -0.25) is 18.9 Å². The summed E-state index contributed by atoms with van der Waals surface area (Å²) in [5.41, 5.74) is 0. The van der Waals surface area contributed by atoms with Gasteiger partial charge in [-0.15, -0.1) is 0 Å². The van der Waals surface area contributed by atoms with Crippen LogP contribution in [0.15, 0.2) is 0 Å². The first kappa shape index (κ1) is 7.29. The highest BCUT2D eigenvalue weighted by Crippen LogP contribution is 2.13. The van der Waals surface area contributed by atoms with Gasteiger partial charge >= 0.3 is 16.5 Å². The van der Waals surface area contributed by atoms with Crippen LogP contribution in [0.3, 0.4) is 0 Å². The summed E-state index contributed by atoms with van der Waals surface area (Å²) in [6.45, 7) is 0. The molecule has 0 rings (SSSR count). The first-order valence-corrected chi connectivity index (χ1v) is 7.01. The van der Waals surface area contributed by atoms with Gasteiger partial charge in [0.15, 0.2) is 0 Å². The lowest BCUT2D eigenvalue weighted by atomic mass is 11.5. The minimum atomic E-state index is -3.83. The molecule has 6 heavy (non-hydrogen) atoms. The van der Waals surface area contributed by atoms with Gasteiger partial charge in [-0.25, -0.2) is 13.2 Å². The fourth-order valence-electron chi connectivity index (χ4n) is 0. The monoisotopic (exact) mass is 220 g/mol. The molecule has 0 nitrogen and oxygen atoms in total. The van der Waals surface area contributed by atoms with Crippen molar-refractivity contribution in [3.05, 3.63) is 0 Å². The standard InChI is InChI=1S/CF3.HI.Mg/c2-1(3)4;;/h;1H;/q;;+1/p-1. The topological polar surface area (TPSA) is 0 Å². The minimum absolute atomic E-state index is 1.41. The Balaban J connectivity index is 3.17. The summed E-state index contributed by atoms with van der Waals surface area (Å²) in [6, 6.07) is 0. The van der Waals surface area contributed by atoms with Crippen LogP contribution in [0.25, 0.3) is 0 Å². The smallest absolute Gasteiger partial charge is 0.282 e. The maximum Gasteiger partial charge on any atom is 0.622 e. The zero-order chi connectivity index (χ0) is 5.21. The van der Waals surface area contributed by atoms with E-state index in [2.05, 4.69) is 0 Å². The first-order chi connectivity index (χ1) is 2.56. The van der Waals surface area contributed by atoms with Crippen LogP contribution in [0.5, 0.6) is 0 Å². The van der Waals surface area contributed by atoms with Crippen LogP contribution in [-0.2, 0) is 0 Å². The summed E-state index contributed by atoms with van der Waals surface area (Å²) in [5.74, 6) is 0. The van der Waals surface area contributed by atoms with E-state index >= 15 is 0 Å². The maximum absolute atomic E-state index is 10.8. The molecule has 0 aromatic heterocycles. The summed E-state index contributed by atoms with van der Waals surface area (Å²) >= 11 is -0.370. The molecule has 0 aliphatic heterocycles. The lowest BCUT2D eigenvalue weighted by Gasteiger charge is -1.95. The normalized spacial score (nSPS) is 10.7. The van der Waals surface area contributed by atoms with Crippen LogP contribution in [-0.4, -0.2) is 20.8 Å². The Morgan fingerprint density at radius 3 is 1.50 bits per heavy atom. The predicted molar refractivity (Wildman–Crippen MR) is 25.8 cm³/mol. The second-order valence-electron chi connectivity index (χ2n) is 0.749. The Bertz CT molecular complexity index is 40.5. The Hall–Kier alpha value is 1.29. The van der Waals surface area contributed by atoms with Crippen LogP contribution < -0.4 is 0 Å². The first-order valence-electron chi connectivity index (χ1n) is 1.19. The summed E-state index contributed by atoms with van der Waals surface area (Å²) in [4.78, 5) is 0. The van der Waals surface area contributed by atoms with Crippen LogP contribution in [0.4, 0.5) is 13.2 Å². The second-order valence-corrected chi connectivity index (χ2v) is 4.11. The molecule has 0 aromatic rings. The molecule has 0 aliphatic carbocycles. The molecule has 0 saturated carbocycles. The van der Waals surface area contributed by atoms with Gasteiger partial charge in [0.05, 0.1) is 0 Å². The molecule has 0 amide bonds. The fraction of sp³-hybridized carbons (Fsp3) is 1.00. The Kier molecular flexibility index (Phi) is 3.11.